The Hall–Kier alpha value is -2.37. The van der Waals surface area contributed by atoms with Crippen LogP contribution in [0.3, 0.4) is 0 Å². The molecule has 0 spiro atoms. The molecule has 11 heteroatoms. The monoisotopic (exact) mass is 486 g/mol. The van der Waals surface area contributed by atoms with E-state index >= 15 is 0 Å². The number of carbonyl (C=O) groups excluding carboxylic acids is 2. The van der Waals surface area contributed by atoms with Crippen LogP contribution in [0.5, 0.6) is 0 Å². The summed E-state index contributed by atoms with van der Waals surface area (Å²) in [5.74, 6) is -3.24. The van der Waals surface area contributed by atoms with Crippen molar-refractivity contribution < 1.29 is 31.5 Å². The van der Waals surface area contributed by atoms with Crippen molar-refractivity contribution >= 4 is 33.2 Å². The van der Waals surface area contributed by atoms with Crippen LogP contribution in [0.2, 0.25) is 0 Å². The molecule has 0 fully saturated rings. The number of thiophene rings is 1. The Morgan fingerprint density at radius 3 is 2.53 bits per heavy atom. The lowest BCUT2D eigenvalue weighted by Crippen LogP contribution is -2.37. The Morgan fingerprint density at radius 2 is 1.91 bits per heavy atom. The third-order valence-electron chi connectivity index (χ3n) is 5.42. The summed E-state index contributed by atoms with van der Waals surface area (Å²) in [6.45, 7) is 4.19. The summed E-state index contributed by atoms with van der Waals surface area (Å²) < 4.78 is 59.7. The standard InChI is InChI=1S/C21H24F2N2O5S2/c1-4-25(5-2)32(28,29)21-18(20(27)30-3)14-9-10-24(12-16(14)31-21)17(26)11-13-7-6-8-15(22)19(13)23/h6-8H,4-5,9-12H2,1-3H3. The highest BCUT2D eigenvalue weighted by Crippen LogP contribution is 2.38. The second kappa shape index (κ2) is 9.63. The molecule has 0 radical (unpaired) electrons. The molecular weight excluding hydrogens is 462 g/mol. The minimum absolute atomic E-state index is 0.0164. The van der Waals surface area contributed by atoms with Gasteiger partial charge in [-0.15, -0.1) is 11.3 Å². The number of hydrogen-bond acceptors (Lipinski definition) is 6. The fourth-order valence-electron chi connectivity index (χ4n) is 3.72. The summed E-state index contributed by atoms with van der Waals surface area (Å²) in [5.41, 5.74) is 0.517. The Bertz CT molecular complexity index is 1140. The molecule has 3 rings (SSSR count). The van der Waals surface area contributed by atoms with Crippen molar-refractivity contribution in [2.24, 2.45) is 0 Å². The number of nitrogens with zero attached hydrogens (tertiary/aromatic N) is 2. The molecule has 32 heavy (non-hydrogen) atoms. The van der Waals surface area contributed by atoms with Gasteiger partial charge in [0, 0.05) is 30.1 Å². The largest absolute Gasteiger partial charge is 0.465 e. The van der Waals surface area contributed by atoms with Crippen LogP contribution >= 0.6 is 11.3 Å². The first-order chi connectivity index (χ1) is 15.1. The lowest BCUT2D eigenvalue weighted by molar-refractivity contribution is -0.131. The number of rotatable bonds is 7. The van der Waals surface area contributed by atoms with Crippen LogP contribution in [-0.4, -0.2) is 56.2 Å². The quantitative estimate of drug-likeness (QED) is 0.562. The van der Waals surface area contributed by atoms with Gasteiger partial charge >= 0.3 is 5.97 Å². The van der Waals surface area contributed by atoms with Gasteiger partial charge in [-0.25, -0.2) is 22.0 Å². The normalized spacial score (nSPS) is 13.9. The van der Waals surface area contributed by atoms with Crippen molar-refractivity contribution in [1.82, 2.24) is 9.21 Å². The molecule has 2 heterocycles. The van der Waals surface area contributed by atoms with Gasteiger partial charge in [0.05, 0.1) is 25.6 Å². The summed E-state index contributed by atoms with van der Waals surface area (Å²) >= 11 is 0.946. The van der Waals surface area contributed by atoms with E-state index < -0.39 is 33.5 Å². The molecule has 174 valence electrons. The van der Waals surface area contributed by atoms with Gasteiger partial charge < -0.3 is 9.64 Å². The van der Waals surface area contributed by atoms with Gasteiger partial charge in [0.15, 0.2) is 11.6 Å². The first-order valence-electron chi connectivity index (χ1n) is 10.1. The maximum absolute atomic E-state index is 14.0. The van der Waals surface area contributed by atoms with E-state index in [0.717, 1.165) is 17.4 Å². The lowest BCUT2D eigenvalue weighted by Gasteiger charge is -2.27. The number of hydrogen-bond donors (Lipinski definition) is 0. The van der Waals surface area contributed by atoms with E-state index in [2.05, 4.69) is 0 Å². The zero-order chi connectivity index (χ0) is 23.6. The third kappa shape index (κ3) is 4.41. The summed E-state index contributed by atoms with van der Waals surface area (Å²) in [4.78, 5) is 27.2. The molecular formula is C21H24F2N2O5S2. The number of methoxy groups -OCH3 is 1. The fraction of sp³-hybridized carbons (Fsp3) is 0.429. The van der Waals surface area contributed by atoms with Gasteiger partial charge in [0.25, 0.3) is 10.0 Å². The number of carbonyl (C=O) groups is 2. The van der Waals surface area contributed by atoms with Crippen molar-refractivity contribution in [3.8, 4) is 0 Å². The summed E-state index contributed by atoms with van der Waals surface area (Å²) in [6.07, 6.45) is -0.0693. The van der Waals surface area contributed by atoms with Crippen LogP contribution in [-0.2, 0) is 38.9 Å². The molecule has 1 aromatic heterocycles. The first kappa shape index (κ1) is 24.3. The zero-order valence-electron chi connectivity index (χ0n) is 18.0. The van der Waals surface area contributed by atoms with Crippen LogP contribution in [0.4, 0.5) is 8.78 Å². The van der Waals surface area contributed by atoms with E-state index in [1.54, 1.807) is 13.8 Å². The van der Waals surface area contributed by atoms with Crippen LogP contribution in [0, 0.1) is 11.6 Å². The van der Waals surface area contributed by atoms with Crippen molar-refractivity contribution in [2.75, 3.05) is 26.7 Å². The molecule has 0 N–H and O–H groups in total. The number of fused-ring (bicyclic) bond motifs is 1. The number of esters is 1. The highest BCUT2D eigenvalue weighted by molar-refractivity contribution is 7.91. The zero-order valence-corrected chi connectivity index (χ0v) is 19.6. The van der Waals surface area contributed by atoms with Crippen molar-refractivity contribution in [3.63, 3.8) is 0 Å². The SMILES string of the molecule is CCN(CC)S(=O)(=O)c1sc2c(c1C(=O)OC)CCN(C(=O)Cc1cccc(F)c1F)C2. The Labute approximate surface area is 189 Å². The Morgan fingerprint density at radius 1 is 1.22 bits per heavy atom. The predicted octanol–water partition coefficient (Wildman–Crippen LogP) is 2.97. The second-order valence-electron chi connectivity index (χ2n) is 7.20. The molecule has 7 nitrogen and oxygen atoms in total. The van der Waals surface area contributed by atoms with Crippen molar-refractivity contribution in [1.29, 1.82) is 0 Å². The number of halogens is 2. The molecule has 0 saturated carbocycles. The fourth-order valence-corrected chi connectivity index (χ4v) is 7.22. The van der Waals surface area contributed by atoms with E-state index in [9.17, 15) is 26.8 Å². The maximum atomic E-state index is 14.0. The number of amides is 1. The van der Waals surface area contributed by atoms with Crippen LogP contribution in [0.15, 0.2) is 22.4 Å². The molecule has 1 aromatic carbocycles. The minimum atomic E-state index is -3.92. The molecule has 0 atom stereocenters. The lowest BCUT2D eigenvalue weighted by atomic mass is 10.0. The first-order valence-corrected chi connectivity index (χ1v) is 12.3. The molecule has 0 aliphatic carbocycles. The van der Waals surface area contributed by atoms with Gasteiger partial charge in [-0.1, -0.05) is 26.0 Å². The Kier molecular flexibility index (Phi) is 7.31. The molecule has 1 aliphatic rings. The van der Waals surface area contributed by atoms with Gasteiger partial charge in [-0.2, -0.15) is 4.31 Å². The van der Waals surface area contributed by atoms with Crippen LogP contribution in [0.25, 0.3) is 0 Å². The summed E-state index contributed by atoms with van der Waals surface area (Å²) in [6, 6.07) is 3.66. The number of sulfonamides is 1. The van der Waals surface area contributed by atoms with E-state index in [-0.39, 0.29) is 54.4 Å². The molecule has 1 aliphatic heterocycles. The number of ether oxygens (including phenoxy) is 1. The van der Waals surface area contributed by atoms with Crippen molar-refractivity contribution in [3.05, 3.63) is 51.4 Å². The average Bonchev–Trinajstić information content (AvgIpc) is 3.16. The molecule has 0 unspecified atom stereocenters. The van der Waals surface area contributed by atoms with Crippen LogP contribution in [0.1, 0.15) is 40.2 Å². The molecule has 0 bridgehead atoms. The van der Waals surface area contributed by atoms with E-state index in [1.165, 1.54) is 28.4 Å². The third-order valence-corrected chi connectivity index (χ3v) is 9.18. The highest BCUT2D eigenvalue weighted by Gasteiger charge is 2.37. The smallest absolute Gasteiger partial charge is 0.340 e. The number of benzene rings is 1. The van der Waals surface area contributed by atoms with Gasteiger partial charge in [-0.3, -0.25) is 4.79 Å². The Balaban J connectivity index is 1.94. The van der Waals surface area contributed by atoms with Crippen molar-refractivity contribution in [2.45, 2.75) is 37.4 Å². The highest BCUT2D eigenvalue weighted by atomic mass is 32.2. The van der Waals surface area contributed by atoms with E-state index in [0.29, 0.717) is 10.4 Å². The van der Waals surface area contributed by atoms with Gasteiger partial charge in [0.1, 0.15) is 4.21 Å². The van der Waals surface area contributed by atoms with Crippen LogP contribution < -0.4 is 0 Å². The van der Waals surface area contributed by atoms with Gasteiger partial charge in [0.2, 0.25) is 5.91 Å². The molecule has 0 saturated heterocycles. The van der Waals surface area contributed by atoms with E-state index in [4.69, 9.17) is 4.74 Å². The second-order valence-corrected chi connectivity index (χ2v) is 10.4. The maximum Gasteiger partial charge on any atom is 0.340 e. The predicted molar refractivity (Wildman–Crippen MR) is 115 cm³/mol. The van der Waals surface area contributed by atoms with Gasteiger partial charge in [-0.05, 0) is 18.1 Å². The average molecular weight is 487 g/mol. The molecule has 2 aromatic rings. The summed E-state index contributed by atoms with van der Waals surface area (Å²) in [5, 5.41) is 0. The molecule has 1 amide bonds. The van der Waals surface area contributed by atoms with E-state index in [1.807, 2.05) is 0 Å². The summed E-state index contributed by atoms with van der Waals surface area (Å²) in [7, 11) is -2.73. The minimum Gasteiger partial charge on any atom is -0.465 e. The topological polar surface area (TPSA) is 84.0 Å².